The molecule has 6 heteroatoms. The Morgan fingerprint density at radius 3 is 2.74 bits per heavy atom. The van der Waals surface area contributed by atoms with Crippen LogP contribution in [0.25, 0.3) is 10.9 Å². The minimum atomic E-state index is -0.457. The largest absolute Gasteiger partial charge is 0.444 e. The van der Waals surface area contributed by atoms with E-state index in [-0.39, 0.29) is 12.1 Å². The summed E-state index contributed by atoms with van der Waals surface area (Å²) in [5.41, 5.74) is 0.664. The van der Waals surface area contributed by atoms with Crippen molar-refractivity contribution < 1.29 is 9.53 Å². The molecule has 5 nitrogen and oxygen atoms in total. The summed E-state index contributed by atoms with van der Waals surface area (Å²) in [6.45, 7) is 5.66. The van der Waals surface area contributed by atoms with Gasteiger partial charge in [-0.15, -0.1) is 0 Å². The summed E-state index contributed by atoms with van der Waals surface area (Å²) in [6.07, 6.45) is 5.52. The molecule has 2 aromatic rings. The predicted molar refractivity (Wildman–Crippen MR) is 93.5 cm³/mol. The van der Waals surface area contributed by atoms with E-state index in [4.69, 9.17) is 4.74 Å². The highest BCUT2D eigenvalue weighted by molar-refractivity contribution is 9.10. The fourth-order valence-electron chi connectivity index (χ4n) is 2.96. The zero-order valence-corrected chi connectivity index (χ0v) is 15.5. The van der Waals surface area contributed by atoms with Gasteiger partial charge in [0.2, 0.25) is 0 Å². The fraction of sp³-hybridized carbons (Fsp3) is 0.529. The molecule has 1 aliphatic rings. The average Bonchev–Trinajstić information content (AvgIpc) is 2.80. The van der Waals surface area contributed by atoms with Crippen LogP contribution in [0, 0.1) is 0 Å². The van der Waals surface area contributed by atoms with Gasteiger partial charge in [-0.1, -0.05) is 0 Å². The van der Waals surface area contributed by atoms with Crippen molar-refractivity contribution in [1.82, 2.24) is 14.5 Å². The van der Waals surface area contributed by atoms with E-state index >= 15 is 0 Å². The van der Waals surface area contributed by atoms with Gasteiger partial charge in [0.05, 0.1) is 5.52 Å². The van der Waals surface area contributed by atoms with Crippen molar-refractivity contribution >= 4 is 32.9 Å². The number of nitrogens with zero attached hydrogens (tertiary/aromatic N) is 3. The number of carbonyl (C=O) groups is 1. The first-order valence-corrected chi connectivity index (χ1v) is 8.62. The molecule has 1 saturated carbocycles. The van der Waals surface area contributed by atoms with Crippen LogP contribution in [0.5, 0.6) is 0 Å². The Hall–Kier alpha value is -1.56. The number of ether oxygens (including phenoxy) is 1. The molecule has 0 atom stereocenters. The second-order valence-corrected chi connectivity index (χ2v) is 7.88. The van der Waals surface area contributed by atoms with Gasteiger partial charge in [0.15, 0.2) is 0 Å². The van der Waals surface area contributed by atoms with E-state index in [0.717, 1.165) is 23.0 Å². The molecule has 0 bridgehead atoms. The van der Waals surface area contributed by atoms with E-state index in [9.17, 15) is 4.79 Å². The lowest BCUT2D eigenvalue weighted by atomic mass is 9.85. The van der Waals surface area contributed by atoms with Crippen molar-refractivity contribution in [3.8, 4) is 0 Å². The zero-order chi connectivity index (χ0) is 16.8. The number of amides is 1. The summed E-state index contributed by atoms with van der Waals surface area (Å²) in [5, 5.41) is 1.18. The second-order valence-electron chi connectivity index (χ2n) is 7.13. The van der Waals surface area contributed by atoms with Gasteiger partial charge in [-0.2, -0.15) is 0 Å². The third-order valence-corrected chi connectivity index (χ3v) is 4.87. The molecule has 0 aliphatic heterocycles. The van der Waals surface area contributed by atoms with E-state index in [1.54, 1.807) is 11.1 Å². The Balaban J connectivity index is 1.68. The molecule has 3 rings (SSSR count). The lowest BCUT2D eigenvalue weighted by Crippen LogP contribution is -2.47. The molecule has 0 spiro atoms. The number of rotatable bonds is 2. The van der Waals surface area contributed by atoms with Gasteiger partial charge in [-0.25, -0.2) is 9.78 Å². The summed E-state index contributed by atoms with van der Waals surface area (Å²) in [7, 11) is 1.82. The molecular weight excluding hydrogens is 358 g/mol. The van der Waals surface area contributed by atoms with Crippen molar-refractivity contribution in [3.05, 3.63) is 29.1 Å². The van der Waals surface area contributed by atoms with Gasteiger partial charge in [0.1, 0.15) is 10.2 Å². The van der Waals surface area contributed by atoms with Crippen LogP contribution < -0.4 is 0 Å². The second kappa shape index (κ2) is 5.82. The first kappa shape index (κ1) is 16.3. The zero-order valence-electron chi connectivity index (χ0n) is 13.9. The molecule has 0 radical (unpaired) electrons. The Morgan fingerprint density at radius 2 is 2.09 bits per heavy atom. The number of halogens is 1. The number of hydrogen-bond donors (Lipinski definition) is 0. The highest BCUT2D eigenvalue weighted by atomic mass is 79.9. The minimum absolute atomic E-state index is 0.225. The molecule has 23 heavy (non-hydrogen) atoms. The van der Waals surface area contributed by atoms with Crippen molar-refractivity contribution in [3.63, 3.8) is 0 Å². The van der Waals surface area contributed by atoms with Crippen LogP contribution in [0.4, 0.5) is 4.79 Å². The first-order valence-electron chi connectivity index (χ1n) is 7.83. The monoisotopic (exact) mass is 379 g/mol. The van der Waals surface area contributed by atoms with Crippen LogP contribution in [0.2, 0.25) is 0 Å². The predicted octanol–water partition coefficient (Wildman–Crippen LogP) is 4.37. The standard InChI is InChI=1S/C17H22BrN3O2/c1-17(2,3)23-16(22)20(4)12-9-13(10-12)21-8-6-11-5-7-19-15(18)14(11)21/h5-8,12-13H,9-10H2,1-4H3. The van der Waals surface area contributed by atoms with Crippen molar-refractivity contribution in [2.75, 3.05) is 7.05 Å². The summed E-state index contributed by atoms with van der Waals surface area (Å²) >= 11 is 3.53. The number of pyridine rings is 1. The molecule has 0 saturated heterocycles. The van der Waals surface area contributed by atoms with Crippen molar-refractivity contribution in [1.29, 1.82) is 0 Å². The van der Waals surface area contributed by atoms with Crippen LogP contribution in [0.3, 0.4) is 0 Å². The number of carbonyl (C=O) groups excluding carboxylic acids is 1. The van der Waals surface area contributed by atoms with Crippen molar-refractivity contribution in [2.24, 2.45) is 0 Å². The molecule has 2 aromatic heterocycles. The van der Waals surface area contributed by atoms with E-state index in [1.165, 1.54) is 5.39 Å². The van der Waals surface area contributed by atoms with E-state index in [1.807, 2.05) is 33.9 Å². The summed E-state index contributed by atoms with van der Waals surface area (Å²) in [6, 6.07) is 4.73. The normalized spacial score (nSPS) is 21.1. The Morgan fingerprint density at radius 1 is 1.39 bits per heavy atom. The van der Waals surface area contributed by atoms with Gasteiger partial charge < -0.3 is 14.2 Å². The van der Waals surface area contributed by atoms with Gasteiger partial charge in [-0.3, -0.25) is 0 Å². The van der Waals surface area contributed by atoms with Gasteiger partial charge in [-0.05, 0) is 61.7 Å². The van der Waals surface area contributed by atoms with Gasteiger partial charge in [0, 0.05) is 36.9 Å². The molecule has 2 heterocycles. The third-order valence-electron chi connectivity index (χ3n) is 4.29. The Bertz CT molecular complexity index is 729. The molecule has 0 aromatic carbocycles. The highest BCUT2D eigenvalue weighted by Crippen LogP contribution is 2.39. The minimum Gasteiger partial charge on any atom is -0.444 e. The maximum absolute atomic E-state index is 12.1. The van der Waals surface area contributed by atoms with Gasteiger partial charge in [0.25, 0.3) is 0 Å². The average molecular weight is 380 g/mol. The van der Waals surface area contributed by atoms with E-state index in [0.29, 0.717) is 6.04 Å². The molecule has 0 unspecified atom stereocenters. The van der Waals surface area contributed by atoms with Gasteiger partial charge >= 0.3 is 6.09 Å². The lowest BCUT2D eigenvalue weighted by molar-refractivity contribution is 0.00812. The first-order chi connectivity index (χ1) is 10.8. The van der Waals surface area contributed by atoms with Crippen LogP contribution >= 0.6 is 15.9 Å². The number of fused-ring (bicyclic) bond motifs is 1. The van der Waals surface area contributed by atoms with E-state index in [2.05, 4.69) is 37.7 Å². The third kappa shape index (κ3) is 3.22. The summed E-state index contributed by atoms with van der Waals surface area (Å²) in [4.78, 5) is 18.2. The maximum atomic E-state index is 12.1. The number of hydrogen-bond acceptors (Lipinski definition) is 3. The van der Waals surface area contributed by atoms with Crippen LogP contribution in [0.1, 0.15) is 39.7 Å². The molecule has 1 aliphatic carbocycles. The number of aromatic nitrogens is 2. The highest BCUT2D eigenvalue weighted by Gasteiger charge is 2.37. The molecule has 1 amide bonds. The lowest BCUT2D eigenvalue weighted by Gasteiger charge is -2.42. The molecular formula is C17H22BrN3O2. The summed E-state index contributed by atoms with van der Waals surface area (Å²) < 4.78 is 8.55. The topological polar surface area (TPSA) is 47.4 Å². The van der Waals surface area contributed by atoms with Crippen LogP contribution in [-0.2, 0) is 4.74 Å². The Kier molecular flexibility index (Phi) is 4.12. The fourth-order valence-corrected chi connectivity index (χ4v) is 3.51. The summed E-state index contributed by atoms with van der Waals surface area (Å²) in [5.74, 6) is 0. The van der Waals surface area contributed by atoms with Crippen LogP contribution in [-0.4, -0.2) is 39.2 Å². The maximum Gasteiger partial charge on any atom is 0.410 e. The SMILES string of the molecule is CN(C(=O)OC(C)(C)C)C1CC(n2ccc3ccnc(Br)c32)C1. The van der Waals surface area contributed by atoms with E-state index < -0.39 is 5.60 Å². The Labute approximate surface area is 144 Å². The van der Waals surface area contributed by atoms with Crippen molar-refractivity contribution in [2.45, 2.75) is 51.3 Å². The van der Waals surface area contributed by atoms with Crippen LogP contribution in [0.15, 0.2) is 29.1 Å². The molecule has 0 N–H and O–H groups in total. The quantitative estimate of drug-likeness (QED) is 0.727. The smallest absolute Gasteiger partial charge is 0.410 e. The molecule has 124 valence electrons. The molecule has 1 fully saturated rings.